The summed E-state index contributed by atoms with van der Waals surface area (Å²) in [6.45, 7) is 8.15. The third-order valence-electron chi connectivity index (χ3n) is 3.48. The van der Waals surface area contributed by atoms with E-state index in [1.807, 2.05) is 20.8 Å². The summed E-state index contributed by atoms with van der Waals surface area (Å²) in [4.78, 5) is 37.1. The molecular weight excluding hydrogens is 308 g/mol. The SMILES string of the molecule is COC(=O)CCN(CC(C)C)C(=O)c1ccc(C)c(NC(C)=O)c1. The number of carbonyl (C=O) groups is 3. The molecule has 132 valence electrons. The summed E-state index contributed by atoms with van der Waals surface area (Å²) < 4.78 is 4.65. The molecule has 0 aromatic heterocycles. The van der Waals surface area contributed by atoms with Crippen LogP contribution in [0.5, 0.6) is 0 Å². The minimum atomic E-state index is -0.348. The zero-order valence-electron chi connectivity index (χ0n) is 15.0. The van der Waals surface area contributed by atoms with Gasteiger partial charge >= 0.3 is 5.97 Å². The summed E-state index contributed by atoms with van der Waals surface area (Å²) in [5, 5.41) is 2.72. The predicted octanol–water partition coefficient (Wildman–Crippen LogP) is 2.61. The second-order valence-electron chi connectivity index (χ2n) is 6.18. The lowest BCUT2D eigenvalue weighted by molar-refractivity contribution is -0.140. The van der Waals surface area contributed by atoms with Crippen molar-refractivity contribution in [2.75, 3.05) is 25.5 Å². The van der Waals surface area contributed by atoms with Gasteiger partial charge in [0.1, 0.15) is 0 Å². The van der Waals surface area contributed by atoms with Crippen LogP contribution in [0.15, 0.2) is 18.2 Å². The maximum Gasteiger partial charge on any atom is 0.307 e. The van der Waals surface area contributed by atoms with Crippen LogP contribution in [0.25, 0.3) is 0 Å². The highest BCUT2D eigenvalue weighted by Gasteiger charge is 2.19. The van der Waals surface area contributed by atoms with Gasteiger partial charge in [0.25, 0.3) is 5.91 Å². The number of aryl methyl sites for hydroxylation is 1. The average molecular weight is 334 g/mol. The number of methoxy groups -OCH3 is 1. The fourth-order valence-corrected chi connectivity index (χ4v) is 2.31. The number of ether oxygens (including phenoxy) is 1. The normalized spacial score (nSPS) is 10.4. The lowest BCUT2D eigenvalue weighted by Crippen LogP contribution is -2.36. The van der Waals surface area contributed by atoms with Gasteiger partial charge in [0.2, 0.25) is 5.91 Å². The molecule has 0 saturated heterocycles. The number of nitrogens with one attached hydrogen (secondary N) is 1. The summed E-state index contributed by atoms with van der Waals surface area (Å²) in [7, 11) is 1.33. The Balaban J connectivity index is 2.99. The summed E-state index contributed by atoms with van der Waals surface area (Å²) in [6, 6.07) is 5.20. The first-order valence-corrected chi connectivity index (χ1v) is 7.99. The summed E-state index contributed by atoms with van der Waals surface area (Å²) in [5.41, 5.74) is 1.98. The fraction of sp³-hybridized carbons (Fsp3) is 0.500. The Morgan fingerprint density at radius 2 is 1.92 bits per heavy atom. The lowest BCUT2D eigenvalue weighted by Gasteiger charge is -2.24. The number of carbonyl (C=O) groups excluding carboxylic acids is 3. The quantitative estimate of drug-likeness (QED) is 0.778. The van der Waals surface area contributed by atoms with Crippen molar-refractivity contribution < 1.29 is 19.1 Å². The largest absolute Gasteiger partial charge is 0.469 e. The lowest BCUT2D eigenvalue weighted by atomic mass is 10.1. The molecule has 2 amide bonds. The smallest absolute Gasteiger partial charge is 0.307 e. The predicted molar refractivity (Wildman–Crippen MR) is 92.9 cm³/mol. The number of nitrogens with zero attached hydrogens (tertiary/aromatic N) is 1. The third kappa shape index (κ3) is 6.02. The van der Waals surface area contributed by atoms with E-state index in [0.717, 1.165) is 5.56 Å². The molecule has 0 saturated carbocycles. The van der Waals surface area contributed by atoms with Gasteiger partial charge in [-0.1, -0.05) is 19.9 Å². The van der Waals surface area contributed by atoms with Gasteiger partial charge in [0.05, 0.1) is 13.5 Å². The Morgan fingerprint density at radius 1 is 1.25 bits per heavy atom. The van der Waals surface area contributed by atoms with Crippen LogP contribution in [0.2, 0.25) is 0 Å². The monoisotopic (exact) mass is 334 g/mol. The Hall–Kier alpha value is -2.37. The van der Waals surface area contributed by atoms with Crippen molar-refractivity contribution in [2.45, 2.75) is 34.1 Å². The van der Waals surface area contributed by atoms with Gasteiger partial charge in [0.15, 0.2) is 0 Å². The first-order valence-electron chi connectivity index (χ1n) is 7.99. The fourth-order valence-electron chi connectivity index (χ4n) is 2.31. The van der Waals surface area contributed by atoms with Gasteiger partial charge < -0.3 is 15.0 Å². The molecule has 1 aromatic rings. The number of hydrogen-bond acceptors (Lipinski definition) is 4. The van der Waals surface area contributed by atoms with Gasteiger partial charge in [-0.15, -0.1) is 0 Å². The standard InChI is InChI=1S/C18H26N2O4/c1-12(2)11-20(9-8-17(22)24-5)18(23)15-7-6-13(3)16(10-15)19-14(4)21/h6-7,10,12H,8-9,11H2,1-5H3,(H,19,21). The number of esters is 1. The van der Waals surface area contributed by atoms with Crippen molar-refractivity contribution in [3.8, 4) is 0 Å². The molecule has 0 unspecified atom stereocenters. The van der Waals surface area contributed by atoms with Crippen molar-refractivity contribution >= 4 is 23.5 Å². The van der Waals surface area contributed by atoms with Crippen LogP contribution in [0.3, 0.4) is 0 Å². The molecule has 0 atom stereocenters. The van der Waals surface area contributed by atoms with E-state index in [1.165, 1.54) is 14.0 Å². The zero-order chi connectivity index (χ0) is 18.3. The second-order valence-corrected chi connectivity index (χ2v) is 6.18. The highest BCUT2D eigenvalue weighted by atomic mass is 16.5. The van der Waals surface area contributed by atoms with Crippen LogP contribution in [0.1, 0.15) is 43.1 Å². The van der Waals surface area contributed by atoms with Crippen LogP contribution in [-0.4, -0.2) is 42.9 Å². The Morgan fingerprint density at radius 3 is 2.46 bits per heavy atom. The Bertz CT molecular complexity index is 611. The van der Waals surface area contributed by atoms with Gasteiger partial charge in [-0.25, -0.2) is 0 Å². The minimum Gasteiger partial charge on any atom is -0.469 e. The maximum atomic E-state index is 12.8. The topological polar surface area (TPSA) is 75.7 Å². The number of benzene rings is 1. The average Bonchev–Trinajstić information content (AvgIpc) is 2.51. The molecule has 1 rings (SSSR count). The van der Waals surface area contributed by atoms with Gasteiger partial charge in [-0.3, -0.25) is 14.4 Å². The number of rotatable bonds is 7. The van der Waals surface area contributed by atoms with Gasteiger partial charge in [-0.05, 0) is 30.5 Å². The van der Waals surface area contributed by atoms with Crippen LogP contribution < -0.4 is 5.32 Å². The minimum absolute atomic E-state index is 0.152. The molecule has 0 fully saturated rings. The molecule has 0 aliphatic heterocycles. The van der Waals surface area contributed by atoms with Gasteiger partial charge in [-0.2, -0.15) is 0 Å². The van der Waals surface area contributed by atoms with E-state index in [2.05, 4.69) is 10.1 Å². The summed E-state index contributed by atoms with van der Waals surface area (Å²) in [5.74, 6) is -0.433. The van der Waals surface area contributed by atoms with Crippen molar-refractivity contribution in [2.24, 2.45) is 5.92 Å². The van der Waals surface area contributed by atoms with E-state index >= 15 is 0 Å². The van der Waals surface area contributed by atoms with E-state index in [4.69, 9.17) is 0 Å². The number of anilines is 1. The zero-order valence-corrected chi connectivity index (χ0v) is 15.0. The highest BCUT2D eigenvalue weighted by Crippen LogP contribution is 2.19. The molecule has 0 spiro atoms. The van der Waals surface area contributed by atoms with Crippen LogP contribution >= 0.6 is 0 Å². The van der Waals surface area contributed by atoms with Crippen LogP contribution in [0, 0.1) is 12.8 Å². The molecule has 0 aliphatic rings. The van der Waals surface area contributed by atoms with E-state index in [-0.39, 0.29) is 30.1 Å². The number of amides is 2. The van der Waals surface area contributed by atoms with E-state index in [9.17, 15) is 14.4 Å². The summed E-state index contributed by atoms with van der Waals surface area (Å²) in [6.07, 6.45) is 0.152. The van der Waals surface area contributed by atoms with E-state index in [0.29, 0.717) is 24.3 Å². The van der Waals surface area contributed by atoms with Crippen molar-refractivity contribution in [1.29, 1.82) is 0 Å². The molecule has 24 heavy (non-hydrogen) atoms. The Kier molecular flexibility index (Phi) is 7.42. The molecular formula is C18H26N2O4. The first-order chi connectivity index (χ1) is 11.2. The third-order valence-corrected chi connectivity index (χ3v) is 3.48. The molecule has 1 N–H and O–H groups in total. The maximum absolute atomic E-state index is 12.8. The molecule has 6 heteroatoms. The van der Waals surface area contributed by atoms with Crippen molar-refractivity contribution in [3.05, 3.63) is 29.3 Å². The summed E-state index contributed by atoms with van der Waals surface area (Å²) >= 11 is 0. The molecule has 0 aliphatic carbocycles. The molecule has 6 nitrogen and oxygen atoms in total. The first kappa shape index (κ1) is 19.7. The van der Waals surface area contributed by atoms with E-state index in [1.54, 1.807) is 23.1 Å². The Labute approximate surface area is 143 Å². The molecule has 0 heterocycles. The van der Waals surface area contributed by atoms with Gasteiger partial charge in [0, 0.05) is 31.3 Å². The van der Waals surface area contributed by atoms with Crippen LogP contribution in [-0.2, 0) is 14.3 Å². The second kappa shape index (κ2) is 9.05. The van der Waals surface area contributed by atoms with Crippen molar-refractivity contribution in [3.63, 3.8) is 0 Å². The number of hydrogen-bond donors (Lipinski definition) is 1. The van der Waals surface area contributed by atoms with E-state index < -0.39 is 0 Å². The van der Waals surface area contributed by atoms with Crippen molar-refractivity contribution in [1.82, 2.24) is 4.90 Å². The molecule has 0 radical (unpaired) electrons. The highest BCUT2D eigenvalue weighted by molar-refractivity contribution is 5.97. The molecule has 0 bridgehead atoms. The molecule has 1 aromatic carbocycles. The van der Waals surface area contributed by atoms with Crippen LogP contribution in [0.4, 0.5) is 5.69 Å².